The predicted octanol–water partition coefficient (Wildman–Crippen LogP) is 3.31. The molecule has 1 aromatic carbocycles. The minimum Gasteiger partial charge on any atom is -0.508 e. The number of benzene rings is 1. The van der Waals surface area contributed by atoms with Gasteiger partial charge in [0.15, 0.2) is 0 Å². The summed E-state index contributed by atoms with van der Waals surface area (Å²) in [7, 11) is 0. The molecule has 1 aliphatic carbocycles. The molecule has 100 valence electrons. The van der Waals surface area contributed by atoms with Gasteiger partial charge < -0.3 is 10.0 Å². The number of hydrogen-bond donors (Lipinski definition) is 1. The fraction of sp³-hybridized carbons (Fsp3) is 0.600. The van der Waals surface area contributed by atoms with E-state index in [-0.39, 0.29) is 17.0 Å². The monoisotopic (exact) mass is 311 g/mol. The molecule has 2 nitrogen and oxygen atoms in total. The minimum atomic E-state index is 0. The van der Waals surface area contributed by atoms with Crippen LogP contribution in [0.2, 0.25) is 0 Å². The maximum Gasteiger partial charge on any atom is 0.119 e. The lowest BCUT2D eigenvalue weighted by Gasteiger charge is -2.37. The second kappa shape index (κ2) is 6.07. The van der Waals surface area contributed by atoms with Crippen molar-refractivity contribution in [1.29, 1.82) is 0 Å². The molecule has 0 radical (unpaired) electrons. The lowest BCUT2D eigenvalue weighted by molar-refractivity contribution is 0.149. The second-order valence-electron chi connectivity index (χ2n) is 5.41. The SMILES string of the molecule is Br.Oc1cccc2c1CC(N1CCCCC1)CC2. The Kier molecular flexibility index (Phi) is 4.68. The standard InChI is InChI=1S/C15H21NO.BrH/c17-15-6-4-5-12-7-8-13(11-14(12)15)16-9-2-1-3-10-16;/h4-6,13,17H,1-3,7-11H2;1H. The van der Waals surface area contributed by atoms with Gasteiger partial charge in [0.05, 0.1) is 0 Å². The number of fused-ring (bicyclic) bond motifs is 1. The Balaban J connectivity index is 0.00000120. The van der Waals surface area contributed by atoms with Crippen LogP contribution in [0.1, 0.15) is 36.8 Å². The summed E-state index contributed by atoms with van der Waals surface area (Å²) in [5.41, 5.74) is 2.56. The number of aromatic hydroxyl groups is 1. The number of rotatable bonds is 1. The molecule has 1 aliphatic heterocycles. The molecule has 1 N–H and O–H groups in total. The van der Waals surface area contributed by atoms with Gasteiger partial charge in [-0.1, -0.05) is 18.6 Å². The van der Waals surface area contributed by atoms with E-state index in [1.807, 2.05) is 12.1 Å². The van der Waals surface area contributed by atoms with Crippen LogP contribution in [0.3, 0.4) is 0 Å². The molecular weight excluding hydrogens is 290 g/mol. The quantitative estimate of drug-likeness (QED) is 0.860. The fourth-order valence-electron chi connectivity index (χ4n) is 3.35. The highest BCUT2D eigenvalue weighted by atomic mass is 79.9. The van der Waals surface area contributed by atoms with Gasteiger partial charge in [-0.05, 0) is 62.4 Å². The van der Waals surface area contributed by atoms with Crippen LogP contribution < -0.4 is 0 Å². The van der Waals surface area contributed by atoms with Crippen LogP contribution in [0.25, 0.3) is 0 Å². The molecule has 1 heterocycles. The lowest BCUT2D eigenvalue weighted by Crippen LogP contribution is -2.42. The van der Waals surface area contributed by atoms with Crippen LogP contribution in [0.5, 0.6) is 5.75 Å². The van der Waals surface area contributed by atoms with E-state index < -0.39 is 0 Å². The zero-order valence-electron chi connectivity index (χ0n) is 10.8. The van der Waals surface area contributed by atoms with Crippen molar-refractivity contribution in [3.63, 3.8) is 0 Å². The average Bonchev–Trinajstić information content (AvgIpc) is 2.40. The second-order valence-corrected chi connectivity index (χ2v) is 5.41. The zero-order chi connectivity index (χ0) is 11.7. The van der Waals surface area contributed by atoms with Gasteiger partial charge in [0.25, 0.3) is 0 Å². The van der Waals surface area contributed by atoms with Gasteiger partial charge >= 0.3 is 0 Å². The van der Waals surface area contributed by atoms with Crippen LogP contribution in [0.15, 0.2) is 18.2 Å². The van der Waals surface area contributed by atoms with Crippen molar-refractivity contribution in [2.45, 2.75) is 44.6 Å². The Hall–Kier alpha value is -0.540. The molecule has 0 aromatic heterocycles. The normalized spacial score (nSPS) is 24.1. The Morgan fingerprint density at radius 2 is 1.89 bits per heavy atom. The summed E-state index contributed by atoms with van der Waals surface area (Å²) in [5, 5.41) is 9.95. The number of aryl methyl sites for hydroxylation is 1. The van der Waals surface area contributed by atoms with E-state index >= 15 is 0 Å². The first-order valence-corrected chi connectivity index (χ1v) is 6.88. The van der Waals surface area contributed by atoms with Gasteiger partial charge in [0.1, 0.15) is 5.75 Å². The van der Waals surface area contributed by atoms with Crippen LogP contribution in [-0.2, 0) is 12.8 Å². The maximum absolute atomic E-state index is 9.95. The van der Waals surface area contributed by atoms with E-state index in [0.29, 0.717) is 11.8 Å². The first kappa shape index (κ1) is 13.9. The van der Waals surface area contributed by atoms with Gasteiger partial charge in [-0.15, -0.1) is 17.0 Å². The van der Waals surface area contributed by atoms with Crippen molar-refractivity contribution >= 4 is 17.0 Å². The molecule has 1 atom stereocenters. The van der Waals surface area contributed by atoms with Crippen molar-refractivity contribution in [2.24, 2.45) is 0 Å². The Morgan fingerprint density at radius 3 is 2.67 bits per heavy atom. The topological polar surface area (TPSA) is 23.5 Å². The summed E-state index contributed by atoms with van der Waals surface area (Å²) >= 11 is 0. The number of likely N-dealkylation sites (tertiary alicyclic amines) is 1. The third-order valence-electron chi connectivity index (χ3n) is 4.34. The lowest BCUT2D eigenvalue weighted by atomic mass is 9.86. The first-order valence-electron chi connectivity index (χ1n) is 6.88. The molecule has 1 fully saturated rings. The molecule has 2 aliphatic rings. The van der Waals surface area contributed by atoms with Crippen molar-refractivity contribution in [1.82, 2.24) is 4.90 Å². The number of halogens is 1. The van der Waals surface area contributed by atoms with Crippen molar-refractivity contribution in [3.05, 3.63) is 29.3 Å². The summed E-state index contributed by atoms with van der Waals surface area (Å²) in [5.74, 6) is 0.504. The van der Waals surface area contributed by atoms with E-state index in [2.05, 4.69) is 11.0 Å². The van der Waals surface area contributed by atoms with Crippen LogP contribution >= 0.6 is 17.0 Å². The predicted molar refractivity (Wildman–Crippen MR) is 79.7 cm³/mol. The highest BCUT2D eigenvalue weighted by Crippen LogP contribution is 2.31. The Morgan fingerprint density at radius 1 is 1.11 bits per heavy atom. The summed E-state index contributed by atoms with van der Waals surface area (Å²) in [6, 6.07) is 6.63. The van der Waals surface area contributed by atoms with Crippen molar-refractivity contribution < 1.29 is 5.11 Å². The van der Waals surface area contributed by atoms with E-state index in [0.717, 1.165) is 12.8 Å². The molecule has 3 heteroatoms. The molecule has 3 rings (SSSR count). The summed E-state index contributed by atoms with van der Waals surface area (Å²) < 4.78 is 0. The van der Waals surface area contributed by atoms with Gasteiger partial charge in [-0.2, -0.15) is 0 Å². The van der Waals surface area contributed by atoms with Crippen molar-refractivity contribution in [2.75, 3.05) is 13.1 Å². The number of nitrogens with zero attached hydrogens (tertiary/aromatic N) is 1. The summed E-state index contributed by atoms with van der Waals surface area (Å²) in [6.45, 7) is 2.52. The van der Waals surface area contributed by atoms with Crippen LogP contribution in [0, 0.1) is 0 Å². The first-order chi connectivity index (χ1) is 8.34. The summed E-state index contributed by atoms with van der Waals surface area (Å²) in [4.78, 5) is 2.64. The molecular formula is C15H22BrNO. The Labute approximate surface area is 120 Å². The molecule has 1 aromatic rings. The van der Waals surface area contributed by atoms with Gasteiger partial charge in [-0.3, -0.25) is 0 Å². The van der Waals surface area contributed by atoms with E-state index in [1.54, 1.807) is 0 Å². The molecule has 0 bridgehead atoms. The molecule has 1 saturated heterocycles. The smallest absolute Gasteiger partial charge is 0.119 e. The van der Waals surface area contributed by atoms with Crippen LogP contribution in [-0.4, -0.2) is 29.1 Å². The highest BCUT2D eigenvalue weighted by Gasteiger charge is 2.26. The number of phenols is 1. The van der Waals surface area contributed by atoms with Gasteiger partial charge in [0.2, 0.25) is 0 Å². The maximum atomic E-state index is 9.95. The zero-order valence-corrected chi connectivity index (χ0v) is 12.5. The van der Waals surface area contributed by atoms with Gasteiger partial charge in [-0.25, -0.2) is 0 Å². The van der Waals surface area contributed by atoms with Gasteiger partial charge in [0, 0.05) is 6.04 Å². The van der Waals surface area contributed by atoms with E-state index in [4.69, 9.17) is 0 Å². The molecule has 0 saturated carbocycles. The number of hydrogen-bond acceptors (Lipinski definition) is 2. The molecule has 18 heavy (non-hydrogen) atoms. The third-order valence-corrected chi connectivity index (χ3v) is 4.34. The summed E-state index contributed by atoms with van der Waals surface area (Å²) in [6.07, 6.45) is 7.53. The number of piperidine rings is 1. The highest BCUT2D eigenvalue weighted by molar-refractivity contribution is 8.93. The fourth-order valence-corrected chi connectivity index (χ4v) is 3.35. The van der Waals surface area contributed by atoms with Crippen LogP contribution in [0.4, 0.5) is 0 Å². The number of phenolic OH excluding ortho intramolecular Hbond substituents is 1. The molecule has 0 spiro atoms. The molecule has 0 amide bonds. The molecule has 1 unspecified atom stereocenters. The van der Waals surface area contributed by atoms with Crippen molar-refractivity contribution in [3.8, 4) is 5.75 Å². The van der Waals surface area contributed by atoms with E-state index in [1.165, 1.54) is 49.9 Å². The largest absolute Gasteiger partial charge is 0.508 e. The Bertz CT molecular complexity index is 401. The third kappa shape index (κ3) is 2.72. The van der Waals surface area contributed by atoms with E-state index in [9.17, 15) is 5.11 Å². The average molecular weight is 312 g/mol. The minimum absolute atomic E-state index is 0.